The zero-order valence-corrected chi connectivity index (χ0v) is 17.3. The van der Waals surface area contributed by atoms with Crippen molar-refractivity contribution in [3.05, 3.63) is 0 Å². The molecule has 0 saturated carbocycles. The molecule has 0 rings (SSSR count). The van der Waals surface area contributed by atoms with Crippen LogP contribution in [0.5, 0.6) is 0 Å². The average molecular weight is 347 g/mol. The Hall–Kier alpha value is 0.0969. The van der Waals surface area contributed by atoms with Crippen molar-refractivity contribution in [3.63, 3.8) is 0 Å². The third-order valence-electron chi connectivity index (χ3n) is 4.18. The van der Waals surface area contributed by atoms with Gasteiger partial charge in [0.15, 0.2) is 0 Å². The highest BCUT2D eigenvalue weighted by Crippen LogP contribution is 2.13. The summed E-state index contributed by atoms with van der Waals surface area (Å²) in [4.78, 5) is 0. The largest absolute Gasteiger partial charge is 0.395 e. The predicted octanol–water partition coefficient (Wildman–Crippen LogP) is 6.07. The van der Waals surface area contributed by atoms with Crippen LogP contribution in [0, 0.1) is 0 Å². The Kier molecular flexibility index (Phi) is 17.0. The van der Waals surface area contributed by atoms with E-state index in [0.717, 1.165) is 6.61 Å². The minimum absolute atomic E-state index is 0.647. The normalized spacial score (nSPS) is 12.0. The van der Waals surface area contributed by atoms with E-state index in [1.807, 2.05) is 0 Å². The summed E-state index contributed by atoms with van der Waals surface area (Å²) in [5.74, 6) is 0. The van der Waals surface area contributed by atoms with Gasteiger partial charge in [0.2, 0.25) is 0 Å². The van der Waals surface area contributed by atoms with Gasteiger partial charge in [-0.05, 0) is 19.5 Å². The van der Waals surface area contributed by atoms with Gasteiger partial charge in [-0.25, -0.2) is 0 Å². The van der Waals surface area contributed by atoms with E-state index >= 15 is 0 Å². The molecule has 3 nitrogen and oxygen atoms in total. The third kappa shape index (κ3) is 18.3. The van der Waals surface area contributed by atoms with Gasteiger partial charge in [-0.2, -0.15) is 0 Å². The zero-order valence-electron chi connectivity index (χ0n) is 16.3. The van der Waals surface area contributed by atoms with Gasteiger partial charge in [0.25, 0.3) is 0 Å². The average Bonchev–Trinajstić information content (AvgIpc) is 2.52. The SMILES string of the molecule is CCCCCCCCCCCCCCO[Si](C)(C)OCCOC. The van der Waals surface area contributed by atoms with Crippen molar-refractivity contribution < 1.29 is 13.6 Å². The van der Waals surface area contributed by atoms with Crippen LogP contribution in [0.25, 0.3) is 0 Å². The van der Waals surface area contributed by atoms with Gasteiger partial charge in [0.05, 0.1) is 13.2 Å². The summed E-state index contributed by atoms with van der Waals surface area (Å²) in [6, 6.07) is 0. The molecule has 140 valence electrons. The molecule has 0 saturated heterocycles. The van der Waals surface area contributed by atoms with Crippen molar-refractivity contribution in [2.75, 3.05) is 26.9 Å². The van der Waals surface area contributed by atoms with Gasteiger partial charge in [0.1, 0.15) is 0 Å². The summed E-state index contributed by atoms with van der Waals surface area (Å²) >= 11 is 0. The first kappa shape index (κ1) is 23.1. The van der Waals surface area contributed by atoms with Crippen LogP contribution in [0.15, 0.2) is 0 Å². The lowest BCUT2D eigenvalue weighted by Gasteiger charge is -2.22. The van der Waals surface area contributed by atoms with E-state index in [-0.39, 0.29) is 0 Å². The molecule has 0 aliphatic heterocycles. The molecule has 0 heterocycles. The summed E-state index contributed by atoms with van der Waals surface area (Å²) in [7, 11) is -0.221. The van der Waals surface area contributed by atoms with Crippen LogP contribution in [-0.2, 0) is 13.6 Å². The number of hydrogen-bond acceptors (Lipinski definition) is 3. The molecular weight excluding hydrogens is 304 g/mol. The molecule has 0 aromatic carbocycles. The van der Waals surface area contributed by atoms with Gasteiger partial charge >= 0.3 is 8.56 Å². The Morgan fingerprint density at radius 2 is 1.00 bits per heavy atom. The van der Waals surface area contributed by atoms with Crippen LogP contribution >= 0.6 is 0 Å². The fourth-order valence-corrected chi connectivity index (χ4v) is 3.97. The van der Waals surface area contributed by atoms with E-state index in [1.165, 1.54) is 77.0 Å². The molecule has 0 radical (unpaired) electrons. The monoisotopic (exact) mass is 346 g/mol. The highest BCUT2D eigenvalue weighted by Gasteiger charge is 2.23. The number of ether oxygens (including phenoxy) is 1. The van der Waals surface area contributed by atoms with Crippen LogP contribution in [0.3, 0.4) is 0 Å². The number of unbranched alkanes of at least 4 members (excludes halogenated alkanes) is 11. The molecular formula is C19H42O3Si. The molecule has 0 fully saturated rings. The van der Waals surface area contributed by atoms with Crippen LogP contribution in [-0.4, -0.2) is 35.5 Å². The molecule has 23 heavy (non-hydrogen) atoms. The summed E-state index contributed by atoms with van der Waals surface area (Å²) in [6.45, 7) is 8.66. The van der Waals surface area contributed by atoms with Crippen molar-refractivity contribution >= 4 is 8.56 Å². The summed E-state index contributed by atoms with van der Waals surface area (Å²) in [5, 5.41) is 0. The molecule has 4 heteroatoms. The zero-order chi connectivity index (χ0) is 17.2. The maximum atomic E-state index is 5.93. The first-order chi connectivity index (χ1) is 11.1. The van der Waals surface area contributed by atoms with Gasteiger partial charge in [-0.3, -0.25) is 0 Å². The molecule has 0 N–H and O–H groups in total. The minimum atomic E-state index is -1.92. The first-order valence-electron chi connectivity index (χ1n) is 9.89. The van der Waals surface area contributed by atoms with Crippen LogP contribution in [0.2, 0.25) is 13.1 Å². The topological polar surface area (TPSA) is 27.7 Å². The summed E-state index contributed by atoms with van der Waals surface area (Å²) in [6.07, 6.45) is 16.6. The second-order valence-electron chi connectivity index (χ2n) is 6.98. The van der Waals surface area contributed by atoms with Crippen LogP contribution < -0.4 is 0 Å². The van der Waals surface area contributed by atoms with Crippen molar-refractivity contribution in [1.82, 2.24) is 0 Å². The maximum Gasteiger partial charge on any atom is 0.331 e. The van der Waals surface area contributed by atoms with E-state index in [2.05, 4.69) is 20.0 Å². The minimum Gasteiger partial charge on any atom is -0.395 e. The van der Waals surface area contributed by atoms with Crippen molar-refractivity contribution in [1.29, 1.82) is 0 Å². The molecule has 0 unspecified atom stereocenters. The lowest BCUT2D eigenvalue weighted by Crippen LogP contribution is -2.36. The third-order valence-corrected chi connectivity index (χ3v) is 5.98. The van der Waals surface area contributed by atoms with Crippen molar-refractivity contribution in [2.45, 2.75) is 97.1 Å². The van der Waals surface area contributed by atoms with Crippen LogP contribution in [0.4, 0.5) is 0 Å². The first-order valence-corrected chi connectivity index (χ1v) is 12.7. The second-order valence-corrected chi connectivity index (χ2v) is 10.4. The summed E-state index contributed by atoms with van der Waals surface area (Å²) in [5.41, 5.74) is 0. The van der Waals surface area contributed by atoms with Gasteiger partial charge < -0.3 is 13.6 Å². The van der Waals surface area contributed by atoms with Gasteiger partial charge in [-0.15, -0.1) is 0 Å². The molecule has 0 amide bonds. The smallest absolute Gasteiger partial charge is 0.331 e. The summed E-state index contributed by atoms with van der Waals surface area (Å²) < 4.78 is 16.7. The second kappa shape index (κ2) is 16.9. The van der Waals surface area contributed by atoms with Crippen LogP contribution in [0.1, 0.15) is 84.0 Å². The molecule has 0 aromatic rings. The standard InChI is InChI=1S/C19H42O3Si/c1-5-6-7-8-9-10-11-12-13-14-15-16-17-21-23(3,4)22-19-18-20-2/h5-19H2,1-4H3. The van der Waals surface area contributed by atoms with E-state index in [1.54, 1.807) is 7.11 Å². The highest BCUT2D eigenvalue weighted by atomic mass is 28.4. The van der Waals surface area contributed by atoms with Gasteiger partial charge in [-0.1, -0.05) is 77.6 Å². The van der Waals surface area contributed by atoms with E-state index in [4.69, 9.17) is 13.6 Å². The van der Waals surface area contributed by atoms with Gasteiger partial charge in [0, 0.05) is 13.7 Å². The van der Waals surface area contributed by atoms with E-state index < -0.39 is 8.56 Å². The van der Waals surface area contributed by atoms with E-state index in [9.17, 15) is 0 Å². The number of rotatable bonds is 18. The van der Waals surface area contributed by atoms with E-state index in [0.29, 0.717) is 13.2 Å². The Labute approximate surface area is 146 Å². The number of hydrogen-bond donors (Lipinski definition) is 0. The Morgan fingerprint density at radius 1 is 0.565 bits per heavy atom. The maximum absolute atomic E-state index is 5.93. The van der Waals surface area contributed by atoms with Crippen molar-refractivity contribution in [3.8, 4) is 0 Å². The molecule has 0 aromatic heterocycles. The molecule has 0 bridgehead atoms. The number of methoxy groups -OCH3 is 1. The molecule has 0 aliphatic rings. The fourth-order valence-electron chi connectivity index (χ4n) is 2.67. The lowest BCUT2D eigenvalue weighted by molar-refractivity contribution is 0.112. The Morgan fingerprint density at radius 3 is 1.48 bits per heavy atom. The van der Waals surface area contributed by atoms with Crippen molar-refractivity contribution in [2.24, 2.45) is 0 Å². The molecule has 0 spiro atoms. The quantitative estimate of drug-likeness (QED) is 0.223. The fraction of sp³-hybridized carbons (Fsp3) is 1.00. The highest BCUT2D eigenvalue weighted by molar-refractivity contribution is 6.64. The Balaban J connectivity index is 3.20. The lowest BCUT2D eigenvalue weighted by atomic mass is 10.1. The predicted molar refractivity (Wildman–Crippen MR) is 102 cm³/mol. The molecule has 0 aliphatic carbocycles. The Bertz CT molecular complexity index is 235. The molecule has 0 atom stereocenters.